The van der Waals surface area contributed by atoms with E-state index in [2.05, 4.69) is 4.98 Å². The number of alkyl halides is 3. The van der Waals surface area contributed by atoms with E-state index in [9.17, 15) is 18.0 Å². The van der Waals surface area contributed by atoms with Crippen molar-refractivity contribution in [2.75, 3.05) is 42.5 Å². The van der Waals surface area contributed by atoms with Gasteiger partial charge in [0.1, 0.15) is 5.82 Å². The van der Waals surface area contributed by atoms with E-state index < -0.39 is 11.7 Å². The van der Waals surface area contributed by atoms with Gasteiger partial charge >= 0.3 is 12.2 Å². The molecule has 2 amide bonds. The summed E-state index contributed by atoms with van der Waals surface area (Å²) >= 11 is 6.12. The summed E-state index contributed by atoms with van der Waals surface area (Å²) in [4.78, 5) is 22.3. The fraction of sp³-hybridized carbons (Fsp3) is 0.429. The molecular weight excluding hydrogens is 417 g/mol. The standard InChI is InChI=1S/C21H22ClF3N4O/c22-16-6-7-18-15(14-16)4-1-2-9-29(18)20(30)28-12-10-27(11-13-28)19-17(21(23,24)25)5-3-8-26-19/h3,5-8,14H,1-2,4,9-13H2. The van der Waals surface area contributed by atoms with Gasteiger partial charge in [-0.25, -0.2) is 9.78 Å². The Morgan fingerprint density at radius 1 is 1.03 bits per heavy atom. The van der Waals surface area contributed by atoms with Gasteiger partial charge in [-0.05, 0) is 55.2 Å². The van der Waals surface area contributed by atoms with E-state index in [1.807, 2.05) is 12.1 Å². The number of pyridine rings is 1. The van der Waals surface area contributed by atoms with E-state index in [0.717, 1.165) is 36.6 Å². The molecule has 0 atom stereocenters. The maximum atomic E-state index is 13.3. The Morgan fingerprint density at radius 3 is 2.53 bits per heavy atom. The quantitative estimate of drug-likeness (QED) is 0.639. The molecular formula is C21H22ClF3N4O. The van der Waals surface area contributed by atoms with Crippen LogP contribution < -0.4 is 9.80 Å². The first-order chi connectivity index (χ1) is 14.3. The second kappa shape index (κ2) is 8.34. The van der Waals surface area contributed by atoms with Crippen LogP contribution in [0, 0.1) is 0 Å². The van der Waals surface area contributed by atoms with Crippen LogP contribution in [0.1, 0.15) is 24.0 Å². The molecule has 2 aliphatic rings. The highest BCUT2D eigenvalue weighted by Gasteiger charge is 2.37. The molecule has 0 radical (unpaired) electrons. The molecule has 30 heavy (non-hydrogen) atoms. The van der Waals surface area contributed by atoms with Crippen molar-refractivity contribution in [1.29, 1.82) is 0 Å². The van der Waals surface area contributed by atoms with Gasteiger partial charge < -0.3 is 9.80 Å². The first-order valence-electron chi connectivity index (χ1n) is 9.96. The monoisotopic (exact) mass is 438 g/mol. The predicted octanol–water partition coefficient (Wildman–Crippen LogP) is 4.84. The van der Waals surface area contributed by atoms with Crippen LogP contribution in [0.15, 0.2) is 36.5 Å². The summed E-state index contributed by atoms with van der Waals surface area (Å²) in [6, 6.07) is 7.77. The van der Waals surface area contributed by atoms with Crippen LogP contribution in [0.4, 0.5) is 29.5 Å². The highest BCUT2D eigenvalue weighted by molar-refractivity contribution is 6.30. The number of fused-ring (bicyclic) bond motifs is 1. The maximum absolute atomic E-state index is 13.3. The number of hydrogen-bond donors (Lipinski definition) is 0. The summed E-state index contributed by atoms with van der Waals surface area (Å²) in [7, 11) is 0. The summed E-state index contributed by atoms with van der Waals surface area (Å²) < 4.78 is 39.9. The molecule has 0 unspecified atom stereocenters. The molecule has 9 heteroatoms. The molecule has 0 bridgehead atoms. The number of hydrogen-bond acceptors (Lipinski definition) is 3. The number of aryl methyl sites for hydroxylation is 1. The Labute approximate surface area is 178 Å². The van der Waals surface area contributed by atoms with Gasteiger partial charge in [-0.1, -0.05) is 11.6 Å². The molecule has 4 rings (SSSR count). The van der Waals surface area contributed by atoms with Crippen LogP contribution in [0.25, 0.3) is 0 Å². The second-order valence-electron chi connectivity index (χ2n) is 7.51. The number of amides is 2. The average molecular weight is 439 g/mol. The molecule has 5 nitrogen and oxygen atoms in total. The first kappa shape index (κ1) is 20.8. The van der Waals surface area contributed by atoms with Crippen molar-refractivity contribution in [3.63, 3.8) is 0 Å². The Bertz CT molecular complexity index is 929. The smallest absolute Gasteiger partial charge is 0.353 e. The summed E-state index contributed by atoms with van der Waals surface area (Å²) in [6.07, 6.45) is -0.367. The lowest BCUT2D eigenvalue weighted by Crippen LogP contribution is -2.53. The fourth-order valence-electron chi connectivity index (χ4n) is 4.07. The minimum absolute atomic E-state index is 0.0770. The molecule has 0 saturated carbocycles. The Hall–Kier alpha value is -2.48. The number of piperazine rings is 1. The summed E-state index contributed by atoms with van der Waals surface area (Å²) in [5.74, 6) is -0.0770. The molecule has 1 aromatic carbocycles. The molecule has 1 saturated heterocycles. The molecule has 2 aromatic rings. The minimum atomic E-state index is -4.46. The van der Waals surface area contributed by atoms with Crippen LogP contribution in [-0.4, -0.2) is 48.6 Å². The van der Waals surface area contributed by atoms with Gasteiger partial charge in [-0.3, -0.25) is 4.90 Å². The van der Waals surface area contributed by atoms with Crippen molar-refractivity contribution < 1.29 is 18.0 Å². The summed E-state index contributed by atoms with van der Waals surface area (Å²) in [5, 5.41) is 0.646. The van der Waals surface area contributed by atoms with Crippen LogP contribution in [0.3, 0.4) is 0 Å². The molecule has 0 N–H and O–H groups in total. The van der Waals surface area contributed by atoms with E-state index in [4.69, 9.17) is 11.6 Å². The average Bonchev–Trinajstić information content (AvgIpc) is 2.94. The molecule has 1 fully saturated rings. The van der Waals surface area contributed by atoms with Gasteiger partial charge in [0.25, 0.3) is 0 Å². The third kappa shape index (κ3) is 4.19. The SMILES string of the molecule is O=C(N1CCN(c2ncccc2C(F)(F)F)CC1)N1CCCCc2cc(Cl)ccc21. The zero-order chi connectivity index (χ0) is 21.3. The maximum Gasteiger partial charge on any atom is 0.419 e. The normalized spacial score (nSPS) is 17.5. The number of urea groups is 1. The Morgan fingerprint density at radius 2 is 1.80 bits per heavy atom. The number of rotatable bonds is 1. The van der Waals surface area contributed by atoms with Crippen molar-refractivity contribution in [3.8, 4) is 0 Å². The fourth-order valence-corrected chi connectivity index (χ4v) is 4.27. The second-order valence-corrected chi connectivity index (χ2v) is 7.95. The van der Waals surface area contributed by atoms with E-state index in [1.54, 1.807) is 20.8 Å². The van der Waals surface area contributed by atoms with Gasteiger partial charge in [0.15, 0.2) is 0 Å². The first-order valence-corrected chi connectivity index (χ1v) is 10.3. The predicted molar refractivity (Wildman–Crippen MR) is 110 cm³/mol. The van der Waals surface area contributed by atoms with Crippen LogP contribution in [0.5, 0.6) is 0 Å². The lowest BCUT2D eigenvalue weighted by atomic mass is 10.1. The minimum Gasteiger partial charge on any atom is -0.353 e. The highest BCUT2D eigenvalue weighted by atomic mass is 35.5. The Kier molecular flexibility index (Phi) is 5.77. The van der Waals surface area contributed by atoms with Crippen molar-refractivity contribution in [2.45, 2.75) is 25.4 Å². The number of benzene rings is 1. The molecule has 1 aromatic heterocycles. The zero-order valence-electron chi connectivity index (χ0n) is 16.3. The number of halogens is 4. The third-order valence-corrected chi connectivity index (χ3v) is 5.82. The van der Waals surface area contributed by atoms with Gasteiger partial charge in [-0.2, -0.15) is 13.2 Å². The van der Waals surface area contributed by atoms with Crippen molar-refractivity contribution in [2.24, 2.45) is 0 Å². The van der Waals surface area contributed by atoms with Crippen molar-refractivity contribution in [1.82, 2.24) is 9.88 Å². The Balaban J connectivity index is 1.49. The van der Waals surface area contributed by atoms with Crippen LogP contribution >= 0.6 is 11.6 Å². The summed E-state index contributed by atoms with van der Waals surface area (Å²) in [5.41, 5.74) is 1.17. The van der Waals surface area contributed by atoms with Gasteiger partial charge in [-0.15, -0.1) is 0 Å². The highest BCUT2D eigenvalue weighted by Crippen LogP contribution is 2.35. The van der Waals surface area contributed by atoms with E-state index in [1.165, 1.54) is 12.3 Å². The topological polar surface area (TPSA) is 39.7 Å². The molecule has 2 aliphatic heterocycles. The largest absolute Gasteiger partial charge is 0.419 e. The van der Waals surface area contributed by atoms with Crippen LogP contribution in [0.2, 0.25) is 5.02 Å². The van der Waals surface area contributed by atoms with E-state index in [-0.39, 0.29) is 11.8 Å². The van der Waals surface area contributed by atoms with E-state index in [0.29, 0.717) is 37.7 Å². The lowest BCUT2D eigenvalue weighted by Gasteiger charge is -2.38. The molecule has 160 valence electrons. The summed E-state index contributed by atoms with van der Waals surface area (Å²) in [6.45, 7) is 1.89. The number of carbonyl (C=O) groups excluding carboxylic acids is 1. The zero-order valence-corrected chi connectivity index (χ0v) is 17.1. The number of carbonyl (C=O) groups is 1. The van der Waals surface area contributed by atoms with Gasteiger partial charge in [0.2, 0.25) is 0 Å². The number of aromatic nitrogens is 1. The van der Waals surface area contributed by atoms with Gasteiger partial charge in [0, 0.05) is 49.6 Å². The van der Waals surface area contributed by atoms with Gasteiger partial charge in [0.05, 0.1) is 5.56 Å². The third-order valence-electron chi connectivity index (χ3n) is 5.58. The number of anilines is 2. The lowest BCUT2D eigenvalue weighted by molar-refractivity contribution is -0.137. The number of nitrogens with zero attached hydrogens (tertiary/aromatic N) is 4. The van der Waals surface area contributed by atoms with Crippen molar-refractivity contribution in [3.05, 3.63) is 52.7 Å². The molecule has 3 heterocycles. The van der Waals surface area contributed by atoms with Crippen LogP contribution in [-0.2, 0) is 12.6 Å². The molecule has 0 aliphatic carbocycles. The molecule has 0 spiro atoms. The van der Waals surface area contributed by atoms with E-state index >= 15 is 0 Å². The van der Waals surface area contributed by atoms with Crippen molar-refractivity contribution >= 4 is 29.1 Å².